The highest BCUT2D eigenvalue weighted by molar-refractivity contribution is 5.42. The van der Waals surface area contributed by atoms with Gasteiger partial charge in [-0.1, -0.05) is 18.9 Å². The molecule has 2 aliphatic rings. The largest absolute Gasteiger partial charge is 0.493 e. The van der Waals surface area contributed by atoms with Crippen LogP contribution < -0.4 is 9.47 Å². The van der Waals surface area contributed by atoms with Gasteiger partial charge in [0.2, 0.25) is 0 Å². The van der Waals surface area contributed by atoms with Crippen molar-refractivity contribution in [2.24, 2.45) is 0 Å². The zero-order valence-corrected chi connectivity index (χ0v) is 15.1. The monoisotopic (exact) mass is 333 g/mol. The van der Waals surface area contributed by atoms with Gasteiger partial charge in [-0.2, -0.15) is 0 Å². The Balaban J connectivity index is 1.52. The lowest BCUT2D eigenvalue weighted by Gasteiger charge is -2.37. The maximum atomic E-state index is 6.33. The first-order chi connectivity index (χ1) is 11.8. The van der Waals surface area contributed by atoms with Gasteiger partial charge in [0, 0.05) is 6.04 Å². The highest BCUT2D eigenvalue weighted by Crippen LogP contribution is 2.29. The lowest BCUT2D eigenvalue weighted by Crippen LogP contribution is -2.45. The molecule has 0 amide bonds. The Morgan fingerprint density at radius 1 is 0.958 bits per heavy atom. The molecule has 1 aromatic rings. The van der Waals surface area contributed by atoms with E-state index in [2.05, 4.69) is 17.0 Å². The lowest BCUT2D eigenvalue weighted by molar-refractivity contribution is -0.0290. The standard InChI is InChI=1S/C20H31NO3/c1-22-19-10-9-16(15-20(19)23-2)11-14-24-18-8-4-3-7-17(18)21-12-5-6-13-21/h9-10,15,17-18H,3-8,11-14H2,1-2H3/t17-,18-/m0/s1. The molecule has 24 heavy (non-hydrogen) atoms. The van der Waals surface area contributed by atoms with Crippen molar-refractivity contribution < 1.29 is 14.2 Å². The normalized spacial score (nSPS) is 24.9. The fourth-order valence-electron chi connectivity index (χ4n) is 4.13. The summed E-state index contributed by atoms with van der Waals surface area (Å²) >= 11 is 0. The molecule has 0 unspecified atom stereocenters. The molecule has 1 saturated heterocycles. The van der Waals surface area contributed by atoms with Crippen molar-refractivity contribution in [1.82, 2.24) is 4.90 Å². The summed E-state index contributed by atoms with van der Waals surface area (Å²) in [6, 6.07) is 6.78. The SMILES string of the molecule is COc1ccc(CCO[C@H]2CCCC[C@@H]2N2CCCC2)cc1OC. The molecule has 0 radical (unpaired) electrons. The van der Waals surface area contributed by atoms with Crippen molar-refractivity contribution in [2.45, 2.75) is 57.1 Å². The predicted octanol–water partition coefficient (Wildman–Crippen LogP) is 3.67. The summed E-state index contributed by atoms with van der Waals surface area (Å²) in [5, 5.41) is 0. The minimum atomic E-state index is 0.414. The van der Waals surface area contributed by atoms with Crippen molar-refractivity contribution in [2.75, 3.05) is 33.9 Å². The Morgan fingerprint density at radius 2 is 1.71 bits per heavy atom. The van der Waals surface area contributed by atoms with Crippen LogP contribution in [0.1, 0.15) is 44.1 Å². The number of likely N-dealkylation sites (tertiary alicyclic amines) is 1. The van der Waals surface area contributed by atoms with Gasteiger partial charge in [0.05, 0.1) is 26.9 Å². The second kappa shape index (κ2) is 8.72. The van der Waals surface area contributed by atoms with Gasteiger partial charge in [-0.05, 0) is 62.9 Å². The van der Waals surface area contributed by atoms with E-state index in [1.54, 1.807) is 14.2 Å². The van der Waals surface area contributed by atoms with Crippen LogP contribution in [0.4, 0.5) is 0 Å². The second-order valence-electron chi connectivity index (χ2n) is 6.94. The number of nitrogens with zero attached hydrogens (tertiary/aromatic N) is 1. The van der Waals surface area contributed by atoms with Crippen molar-refractivity contribution in [3.8, 4) is 11.5 Å². The molecule has 2 atom stereocenters. The lowest BCUT2D eigenvalue weighted by atomic mass is 9.91. The molecule has 0 N–H and O–H groups in total. The Labute approximate surface area is 146 Å². The van der Waals surface area contributed by atoms with Crippen molar-refractivity contribution in [3.63, 3.8) is 0 Å². The van der Waals surface area contributed by atoms with Crippen LogP contribution in [0.15, 0.2) is 18.2 Å². The van der Waals surface area contributed by atoms with Crippen molar-refractivity contribution >= 4 is 0 Å². The van der Waals surface area contributed by atoms with Crippen LogP contribution in [0, 0.1) is 0 Å². The highest BCUT2D eigenvalue weighted by Gasteiger charge is 2.31. The van der Waals surface area contributed by atoms with Crippen LogP contribution in [0.2, 0.25) is 0 Å². The Bertz CT molecular complexity index is 514. The third-order valence-corrected chi connectivity index (χ3v) is 5.45. The quantitative estimate of drug-likeness (QED) is 0.762. The van der Waals surface area contributed by atoms with Crippen LogP contribution in [0.25, 0.3) is 0 Å². The van der Waals surface area contributed by atoms with Gasteiger partial charge >= 0.3 is 0 Å². The minimum Gasteiger partial charge on any atom is -0.493 e. The molecular weight excluding hydrogens is 302 g/mol. The summed E-state index contributed by atoms with van der Waals surface area (Å²) in [6.45, 7) is 3.31. The fraction of sp³-hybridized carbons (Fsp3) is 0.700. The van der Waals surface area contributed by atoms with Gasteiger partial charge in [-0.15, -0.1) is 0 Å². The summed E-state index contributed by atoms with van der Waals surface area (Å²) in [5.74, 6) is 1.58. The number of benzene rings is 1. The Hall–Kier alpha value is -1.26. The number of methoxy groups -OCH3 is 2. The Kier molecular flexibility index (Phi) is 6.38. The van der Waals surface area contributed by atoms with Gasteiger partial charge in [0.1, 0.15) is 0 Å². The second-order valence-corrected chi connectivity index (χ2v) is 6.94. The maximum absolute atomic E-state index is 6.33. The molecule has 1 saturated carbocycles. The van der Waals surface area contributed by atoms with E-state index in [0.717, 1.165) is 24.5 Å². The van der Waals surface area contributed by atoms with Gasteiger partial charge < -0.3 is 14.2 Å². The van der Waals surface area contributed by atoms with E-state index in [1.165, 1.54) is 57.2 Å². The maximum Gasteiger partial charge on any atom is 0.160 e. The van der Waals surface area contributed by atoms with Crippen molar-refractivity contribution in [1.29, 1.82) is 0 Å². The van der Waals surface area contributed by atoms with Crippen LogP contribution in [0.5, 0.6) is 11.5 Å². The zero-order valence-electron chi connectivity index (χ0n) is 15.1. The smallest absolute Gasteiger partial charge is 0.160 e. The molecule has 0 bridgehead atoms. The summed E-state index contributed by atoms with van der Waals surface area (Å²) in [4.78, 5) is 2.67. The Morgan fingerprint density at radius 3 is 2.46 bits per heavy atom. The van der Waals surface area contributed by atoms with E-state index < -0.39 is 0 Å². The van der Waals surface area contributed by atoms with Crippen LogP contribution in [-0.4, -0.2) is 51.0 Å². The van der Waals surface area contributed by atoms with E-state index in [0.29, 0.717) is 12.1 Å². The van der Waals surface area contributed by atoms with Crippen LogP contribution >= 0.6 is 0 Å². The average molecular weight is 333 g/mol. The molecule has 1 heterocycles. The molecular formula is C20H31NO3. The first-order valence-corrected chi connectivity index (χ1v) is 9.38. The summed E-state index contributed by atoms with van der Waals surface area (Å²) < 4.78 is 17.0. The topological polar surface area (TPSA) is 30.9 Å². The minimum absolute atomic E-state index is 0.414. The molecule has 0 spiro atoms. The van der Waals surface area contributed by atoms with E-state index >= 15 is 0 Å². The zero-order chi connectivity index (χ0) is 16.8. The number of hydrogen-bond donors (Lipinski definition) is 0. The summed E-state index contributed by atoms with van der Waals surface area (Å²) in [6.07, 6.45) is 9.24. The fourth-order valence-corrected chi connectivity index (χ4v) is 4.13. The molecule has 1 aliphatic carbocycles. The van der Waals surface area contributed by atoms with E-state index in [1.807, 2.05) is 6.07 Å². The molecule has 1 aromatic carbocycles. The third kappa shape index (κ3) is 4.22. The number of ether oxygens (including phenoxy) is 3. The van der Waals surface area contributed by atoms with Gasteiger partial charge in [-0.3, -0.25) is 4.90 Å². The molecule has 134 valence electrons. The average Bonchev–Trinajstić information content (AvgIpc) is 3.16. The van der Waals surface area contributed by atoms with Gasteiger partial charge in [0.25, 0.3) is 0 Å². The molecule has 2 fully saturated rings. The van der Waals surface area contributed by atoms with Crippen LogP contribution in [-0.2, 0) is 11.2 Å². The third-order valence-electron chi connectivity index (χ3n) is 5.45. The van der Waals surface area contributed by atoms with Gasteiger partial charge in [-0.25, -0.2) is 0 Å². The summed E-state index contributed by atoms with van der Waals surface area (Å²) in [7, 11) is 3.35. The van der Waals surface area contributed by atoms with Crippen LogP contribution in [0.3, 0.4) is 0 Å². The van der Waals surface area contributed by atoms with E-state index in [-0.39, 0.29) is 0 Å². The van der Waals surface area contributed by atoms with E-state index in [4.69, 9.17) is 14.2 Å². The number of hydrogen-bond acceptors (Lipinski definition) is 4. The molecule has 3 rings (SSSR count). The molecule has 1 aliphatic heterocycles. The molecule has 4 nitrogen and oxygen atoms in total. The van der Waals surface area contributed by atoms with Crippen molar-refractivity contribution in [3.05, 3.63) is 23.8 Å². The molecule has 0 aromatic heterocycles. The van der Waals surface area contributed by atoms with Gasteiger partial charge in [0.15, 0.2) is 11.5 Å². The highest BCUT2D eigenvalue weighted by atomic mass is 16.5. The first-order valence-electron chi connectivity index (χ1n) is 9.38. The number of rotatable bonds is 7. The first kappa shape index (κ1) is 17.6. The van der Waals surface area contributed by atoms with E-state index in [9.17, 15) is 0 Å². The summed E-state index contributed by atoms with van der Waals surface area (Å²) in [5.41, 5.74) is 1.24. The molecule has 4 heteroatoms. The predicted molar refractivity (Wildman–Crippen MR) is 96.1 cm³/mol.